The van der Waals surface area contributed by atoms with Gasteiger partial charge in [0.15, 0.2) is 0 Å². The van der Waals surface area contributed by atoms with E-state index < -0.39 is 5.97 Å². The van der Waals surface area contributed by atoms with E-state index in [2.05, 4.69) is 12.7 Å². The average Bonchev–Trinajstić information content (AvgIpc) is 2.46. The van der Waals surface area contributed by atoms with Crippen molar-refractivity contribution in [3.8, 4) is 0 Å². The lowest BCUT2D eigenvalue weighted by molar-refractivity contribution is -0.137. The zero-order valence-electron chi connectivity index (χ0n) is 13.8. The summed E-state index contributed by atoms with van der Waals surface area (Å²) in [4.78, 5) is 10.3. The summed E-state index contributed by atoms with van der Waals surface area (Å²) >= 11 is 0. The van der Waals surface area contributed by atoms with Gasteiger partial charge >= 0.3 is 5.97 Å². The lowest BCUT2D eigenvalue weighted by Gasteiger charge is -2.02. The summed E-state index contributed by atoms with van der Waals surface area (Å²) in [5.41, 5.74) is 4.50. The molecule has 0 unspecified atom stereocenters. The molecule has 0 saturated carbocycles. The maximum absolute atomic E-state index is 10.3. The highest BCUT2D eigenvalue weighted by Gasteiger charge is 1.96. The van der Waals surface area contributed by atoms with E-state index >= 15 is 0 Å². The van der Waals surface area contributed by atoms with Crippen LogP contribution in [-0.2, 0) is 4.79 Å². The molecule has 122 valence electrons. The Morgan fingerprint density at radius 1 is 0.700 bits per heavy atom. The second-order valence-electron chi connectivity index (χ2n) is 5.39. The molecule has 0 aromatic carbocycles. The molecule has 0 aliphatic rings. The summed E-state index contributed by atoms with van der Waals surface area (Å²) in [5.74, 6) is -0.655. The quantitative estimate of drug-likeness (QED) is 0.435. The third-order valence-corrected chi connectivity index (χ3v) is 3.49. The van der Waals surface area contributed by atoms with Gasteiger partial charge in [0.05, 0.1) is 0 Å². The zero-order chi connectivity index (χ0) is 15.5. The predicted octanol–water partition coefficient (Wildman–Crippen LogP) is 5.13. The van der Waals surface area contributed by atoms with Crippen LogP contribution in [-0.4, -0.2) is 18.1 Å². The maximum atomic E-state index is 10.3. The third kappa shape index (κ3) is 22.6. The number of unbranched alkanes of at least 4 members (excludes halogenated alkanes) is 12. The van der Waals surface area contributed by atoms with Crippen molar-refractivity contribution in [2.75, 3.05) is 7.05 Å². The molecular formula is C17H37NO2. The number of carboxylic acids is 1. The van der Waals surface area contributed by atoms with Crippen LogP contribution in [0.5, 0.6) is 0 Å². The smallest absolute Gasteiger partial charge is 0.303 e. The van der Waals surface area contributed by atoms with Crippen molar-refractivity contribution in [2.24, 2.45) is 5.73 Å². The first-order chi connectivity index (χ1) is 9.77. The molecule has 0 aliphatic carbocycles. The Morgan fingerprint density at radius 3 is 1.30 bits per heavy atom. The number of carboxylic acid groups (broad SMARTS) is 1. The molecule has 0 radical (unpaired) electrons. The van der Waals surface area contributed by atoms with Crippen LogP contribution in [0.1, 0.15) is 96.8 Å². The third-order valence-electron chi connectivity index (χ3n) is 3.49. The standard InChI is InChI=1S/C16H32O2.CH5N/c1-2-3-4-5-6-7-8-9-10-11-12-13-14-15-16(17)18;1-2/h2-15H2,1H3,(H,17,18);2H2,1H3. The van der Waals surface area contributed by atoms with Gasteiger partial charge in [-0.05, 0) is 13.5 Å². The van der Waals surface area contributed by atoms with Crippen LogP contribution in [0.3, 0.4) is 0 Å². The number of rotatable bonds is 14. The van der Waals surface area contributed by atoms with Crippen LogP contribution in [0.25, 0.3) is 0 Å². The van der Waals surface area contributed by atoms with E-state index in [1.807, 2.05) is 0 Å². The van der Waals surface area contributed by atoms with E-state index in [0.29, 0.717) is 6.42 Å². The summed E-state index contributed by atoms with van der Waals surface area (Å²) in [7, 11) is 1.50. The lowest BCUT2D eigenvalue weighted by atomic mass is 10.0. The van der Waals surface area contributed by atoms with E-state index in [4.69, 9.17) is 5.11 Å². The predicted molar refractivity (Wildman–Crippen MR) is 88.1 cm³/mol. The van der Waals surface area contributed by atoms with E-state index in [1.54, 1.807) is 0 Å². The van der Waals surface area contributed by atoms with Crippen LogP contribution in [0.15, 0.2) is 0 Å². The minimum absolute atomic E-state index is 0.345. The number of hydrogen-bond acceptors (Lipinski definition) is 2. The molecule has 0 bridgehead atoms. The first-order valence-electron chi connectivity index (χ1n) is 8.57. The Labute approximate surface area is 126 Å². The van der Waals surface area contributed by atoms with Crippen molar-refractivity contribution in [3.63, 3.8) is 0 Å². The van der Waals surface area contributed by atoms with Crippen molar-refractivity contribution in [1.29, 1.82) is 0 Å². The molecule has 0 aromatic rings. The summed E-state index contributed by atoms with van der Waals surface area (Å²) in [6.45, 7) is 2.26. The van der Waals surface area contributed by atoms with E-state index in [-0.39, 0.29) is 0 Å². The fourth-order valence-electron chi connectivity index (χ4n) is 2.29. The minimum atomic E-state index is -0.655. The van der Waals surface area contributed by atoms with Gasteiger partial charge in [-0.3, -0.25) is 4.79 Å². The van der Waals surface area contributed by atoms with Gasteiger partial charge in [0, 0.05) is 6.42 Å². The Kier molecular flexibility index (Phi) is 22.5. The largest absolute Gasteiger partial charge is 0.481 e. The molecule has 0 aromatic heterocycles. The summed E-state index contributed by atoms with van der Waals surface area (Å²) < 4.78 is 0. The maximum Gasteiger partial charge on any atom is 0.303 e. The van der Waals surface area contributed by atoms with Crippen LogP contribution >= 0.6 is 0 Å². The van der Waals surface area contributed by atoms with Gasteiger partial charge in [0.1, 0.15) is 0 Å². The van der Waals surface area contributed by atoms with Crippen molar-refractivity contribution < 1.29 is 9.90 Å². The Hall–Kier alpha value is -0.570. The zero-order valence-corrected chi connectivity index (χ0v) is 13.8. The number of nitrogens with two attached hydrogens (primary N) is 1. The summed E-state index contributed by atoms with van der Waals surface area (Å²) in [6, 6.07) is 0. The van der Waals surface area contributed by atoms with Crippen LogP contribution in [0, 0.1) is 0 Å². The Bertz CT molecular complexity index is 184. The Balaban J connectivity index is 0. The second-order valence-corrected chi connectivity index (χ2v) is 5.39. The molecule has 3 nitrogen and oxygen atoms in total. The van der Waals surface area contributed by atoms with Gasteiger partial charge in [-0.2, -0.15) is 0 Å². The Morgan fingerprint density at radius 2 is 1.00 bits per heavy atom. The molecule has 20 heavy (non-hydrogen) atoms. The topological polar surface area (TPSA) is 63.3 Å². The molecule has 0 saturated heterocycles. The summed E-state index contributed by atoms with van der Waals surface area (Å²) in [5, 5.41) is 8.49. The molecule has 0 aliphatic heterocycles. The van der Waals surface area contributed by atoms with Gasteiger partial charge in [-0.1, -0.05) is 84.0 Å². The highest BCUT2D eigenvalue weighted by molar-refractivity contribution is 5.66. The monoisotopic (exact) mass is 287 g/mol. The molecule has 0 atom stereocenters. The fourth-order valence-corrected chi connectivity index (χ4v) is 2.29. The highest BCUT2D eigenvalue weighted by atomic mass is 16.4. The molecule has 0 spiro atoms. The van der Waals surface area contributed by atoms with E-state index in [1.165, 1.54) is 77.7 Å². The van der Waals surface area contributed by atoms with Gasteiger partial charge in [0.2, 0.25) is 0 Å². The number of aliphatic carboxylic acids is 1. The highest BCUT2D eigenvalue weighted by Crippen LogP contribution is 2.12. The van der Waals surface area contributed by atoms with Crippen molar-refractivity contribution in [2.45, 2.75) is 96.8 Å². The van der Waals surface area contributed by atoms with Gasteiger partial charge in [-0.25, -0.2) is 0 Å². The normalized spacial score (nSPS) is 9.95. The second kappa shape index (κ2) is 20.7. The molecule has 0 amide bonds. The van der Waals surface area contributed by atoms with E-state index in [9.17, 15) is 4.79 Å². The van der Waals surface area contributed by atoms with Gasteiger partial charge in [-0.15, -0.1) is 0 Å². The van der Waals surface area contributed by atoms with Crippen LogP contribution < -0.4 is 5.73 Å². The van der Waals surface area contributed by atoms with Crippen LogP contribution in [0.2, 0.25) is 0 Å². The minimum Gasteiger partial charge on any atom is -0.481 e. The van der Waals surface area contributed by atoms with Gasteiger partial charge in [0.25, 0.3) is 0 Å². The molecule has 0 heterocycles. The number of hydrogen-bond donors (Lipinski definition) is 2. The van der Waals surface area contributed by atoms with Gasteiger partial charge < -0.3 is 10.8 Å². The molecule has 3 N–H and O–H groups in total. The molecule has 0 fully saturated rings. The van der Waals surface area contributed by atoms with Crippen molar-refractivity contribution in [3.05, 3.63) is 0 Å². The van der Waals surface area contributed by atoms with Crippen LogP contribution in [0.4, 0.5) is 0 Å². The first kappa shape index (κ1) is 21.7. The molecular weight excluding hydrogens is 250 g/mol. The fraction of sp³-hybridized carbons (Fsp3) is 0.941. The van der Waals surface area contributed by atoms with Crippen molar-refractivity contribution >= 4 is 5.97 Å². The summed E-state index contributed by atoms with van der Waals surface area (Å²) in [6.07, 6.45) is 17.3. The number of carbonyl (C=O) groups is 1. The van der Waals surface area contributed by atoms with Crippen molar-refractivity contribution in [1.82, 2.24) is 0 Å². The van der Waals surface area contributed by atoms with E-state index in [0.717, 1.165) is 12.8 Å². The molecule has 3 heteroatoms. The average molecular weight is 287 g/mol. The lowest BCUT2D eigenvalue weighted by Crippen LogP contribution is -1.93. The first-order valence-corrected chi connectivity index (χ1v) is 8.57. The SMILES string of the molecule is CCCCCCCCCCCCCCCC(=O)O.CN. The molecule has 0 rings (SSSR count).